The van der Waals surface area contributed by atoms with Gasteiger partial charge in [0.2, 0.25) is 5.88 Å². The van der Waals surface area contributed by atoms with E-state index in [-0.39, 0.29) is 12.1 Å². The number of fused-ring (bicyclic) bond motifs is 2. The molecule has 1 aromatic heterocycles. The number of rotatable bonds is 2. The molecule has 1 aromatic rings. The van der Waals surface area contributed by atoms with Crippen LogP contribution in [0.4, 0.5) is 10.5 Å². The van der Waals surface area contributed by atoms with E-state index in [4.69, 9.17) is 9.47 Å². The molecule has 2 aliphatic rings. The highest BCUT2D eigenvalue weighted by molar-refractivity contribution is 5.70. The number of nitrogens with zero attached hydrogens (tertiary/aromatic N) is 3. The summed E-state index contributed by atoms with van der Waals surface area (Å²) in [4.78, 5) is 20.7. The Bertz CT molecular complexity index is 553. The molecular formula is C16H23N3O3. The number of piperazine rings is 1. The quantitative estimate of drug-likeness (QED) is 0.839. The lowest BCUT2D eigenvalue weighted by molar-refractivity contribution is 0.0215. The second-order valence-corrected chi connectivity index (χ2v) is 6.89. The summed E-state index contributed by atoms with van der Waals surface area (Å²) in [6.45, 7) is 7.24. The van der Waals surface area contributed by atoms with Crippen LogP contribution in [0.1, 0.15) is 27.2 Å². The van der Waals surface area contributed by atoms with Gasteiger partial charge in [0.15, 0.2) is 0 Å². The van der Waals surface area contributed by atoms with Crippen molar-refractivity contribution in [1.29, 1.82) is 0 Å². The molecule has 0 radical (unpaired) electrons. The lowest BCUT2D eigenvalue weighted by atomic mass is 10.2. The van der Waals surface area contributed by atoms with Crippen LogP contribution < -0.4 is 9.64 Å². The second kappa shape index (κ2) is 5.34. The van der Waals surface area contributed by atoms with Gasteiger partial charge in [-0.1, -0.05) is 0 Å². The second-order valence-electron chi connectivity index (χ2n) is 6.89. The minimum atomic E-state index is -0.446. The van der Waals surface area contributed by atoms with Crippen molar-refractivity contribution in [2.24, 2.45) is 0 Å². The van der Waals surface area contributed by atoms with Gasteiger partial charge in [0.25, 0.3) is 0 Å². The topological polar surface area (TPSA) is 54.9 Å². The number of carbonyl (C=O) groups is 1. The van der Waals surface area contributed by atoms with E-state index in [0.29, 0.717) is 18.5 Å². The molecular weight excluding hydrogens is 282 g/mol. The van der Waals surface area contributed by atoms with Crippen molar-refractivity contribution in [3.8, 4) is 5.88 Å². The van der Waals surface area contributed by atoms with Gasteiger partial charge >= 0.3 is 6.09 Å². The number of aromatic nitrogens is 1. The van der Waals surface area contributed by atoms with E-state index >= 15 is 0 Å². The average molecular weight is 305 g/mol. The molecule has 2 aliphatic heterocycles. The fourth-order valence-corrected chi connectivity index (χ4v) is 3.19. The van der Waals surface area contributed by atoms with E-state index in [9.17, 15) is 4.79 Å². The Morgan fingerprint density at radius 3 is 2.55 bits per heavy atom. The molecule has 0 N–H and O–H groups in total. The summed E-state index contributed by atoms with van der Waals surface area (Å²) in [6, 6.07) is 4.45. The zero-order valence-corrected chi connectivity index (χ0v) is 13.6. The molecule has 6 nitrogen and oxygen atoms in total. The number of carbonyl (C=O) groups excluding carboxylic acids is 1. The lowest BCUT2D eigenvalue weighted by Gasteiger charge is -2.36. The molecule has 2 fully saturated rings. The van der Waals surface area contributed by atoms with E-state index in [1.807, 2.05) is 44.0 Å². The Hall–Kier alpha value is -1.98. The number of methoxy groups -OCH3 is 1. The van der Waals surface area contributed by atoms with Crippen molar-refractivity contribution in [3.63, 3.8) is 0 Å². The number of amides is 1. The van der Waals surface area contributed by atoms with Crippen LogP contribution in [0.5, 0.6) is 5.88 Å². The first-order valence-electron chi connectivity index (χ1n) is 7.63. The van der Waals surface area contributed by atoms with Crippen LogP contribution in [0.3, 0.4) is 0 Å². The van der Waals surface area contributed by atoms with Gasteiger partial charge in [0.1, 0.15) is 5.60 Å². The molecule has 22 heavy (non-hydrogen) atoms. The number of anilines is 1. The largest absolute Gasteiger partial charge is 0.481 e. The number of hydrogen-bond donors (Lipinski definition) is 0. The van der Waals surface area contributed by atoms with E-state index in [0.717, 1.165) is 18.7 Å². The summed E-state index contributed by atoms with van der Waals surface area (Å²) in [6.07, 6.45) is 2.62. The minimum Gasteiger partial charge on any atom is -0.481 e. The van der Waals surface area contributed by atoms with Crippen LogP contribution in [0.25, 0.3) is 0 Å². The highest BCUT2D eigenvalue weighted by atomic mass is 16.6. The summed E-state index contributed by atoms with van der Waals surface area (Å²) in [5.41, 5.74) is 0.635. The molecule has 0 aromatic carbocycles. The lowest BCUT2D eigenvalue weighted by Crippen LogP contribution is -2.50. The van der Waals surface area contributed by atoms with Gasteiger partial charge in [0.05, 0.1) is 25.0 Å². The van der Waals surface area contributed by atoms with Crippen LogP contribution in [-0.4, -0.2) is 53.9 Å². The molecule has 0 unspecified atom stereocenters. The SMILES string of the molecule is COc1ccc(N2C[C@@H]3C[C@H]2CN3C(=O)OC(C)(C)C)cn1. The minimum absolute atomic E-state index is 0.201. The van der Waals surface area contributed by atoms with Gasteiger partial charge in [0, 0.05) is 25.2 Å². The third-order valence-electron chi connectivity index (χ3n) is 4.13. The van der Waals surface area contributed by atoms with Gasteiger partial charge in [-0.2, -0.15) is 0 Å². The summed E-state index contributed by atoms with van der Waals surface area (Å²) < 4.78 is 10.6. The normalized spacial score (nSPS) is 23.8. The van der Waals surface area contributed by atoms with Gasteiger partial charge in [-0.3, -0.25) is 0 Å². The third-order valence-corrected chi connectivity index (χ3v) is 4.13. The first kappa shape index (κ1) is 14.9. The summed E-state index contributed by atoms with van der Waals surface area (Å²) in [5, 5.41) is 0. The van der Waals surface area contributed by atoms with Crippen LogP contribution in [0.15, 0.2) is 18.3 Å². The molecule has 120 valence electrons. The summed E-state index contributed by atoms with van der Waals surface area (Å²) in [7, 11) is 1.61. The smallest absolute Gasteiger partial charge is 0.410 e. The first-order valence-corrected chi connectivity index (χ1v) is 7.63. The zero-order valence-electron chi connectivity index (χ0n) is 13.6. The van der Waals surface area contributed by atoms with Crippen LogP contribution in [0, 0.1) is 0 Å². The van der Waals surface area contributed by atoms with Gasteiger partial charge < -0.3 is 19.3 Å². The van der Waals surface area contributed by atoms with Crippen molar-refractivity contribution in [2.45, 2.75) is 44.9 Å². The molecule has 0 aliphatic carbocycles. The van der Waals surface area contributed by atoms with Gasteiger partial charge in [-0.15, -0.1) is 0 Å². The van der Waals surface area contributed by atoms with Crippen LogP contribution >= 0.6 is 0 Å². The number of pyridine rings is 1. The van der Waals surface area contributed by atoms with Crippen molar-refractivity contribution in [1.82, 2.24) is 9.88 Å². The molecule has 0 saturated carbocycles. The standard InChI is InChI=1S/C16H23N3O3/c1-16(2,3)22-15(20)19-10-12-7-13(19)9-18(12)11-5-6-14(21-4)17-8-11/h5-6,8,12-13H,7,9-10H2,1-4H3/t12-,13-/m0/s1. The monoisotopic (exact) mass is 305 g/mol. The van der Waals surface area contributed by atoms with Crippen molar-refractivity contribution < 1.29 is 14.3 Å². The Kier molecular flexibility index (Phi) is 3.62. The third kappa shape index (κ3) is 2.82. The number of ether oxygens (including phenoxy) is 2. The van der Waals surface area contributed by atoms with Crippen molar-refractivity contribution in [2.75, 3.05) is 25.1 Å². The summed E-state index contributed by atoms with van der Waals surface area (Å²) in [5.74, 6) is 0.614. The maximum atomic E-state index is 12.2. The Morgan fingerprint density at radius 2 is 2.05 bits per heavy atom. The Morgan fingerprint density at radius 1 is 1.27 bits per heavy atom. The average Bonchev–Trinajstić information content (AvgIpc) is 3.05. The zero-order chi connectivity index (χ0) is 15.9. The molecule has 6 heteroatoms. The predicted octanol–water partition coefficient (Wildman–Crippen LogP) is 2.29. The van der Waals surface area contributed by atoms with Gasteiger partial charge in [-0.25, -0.2) is 9.78 Å². The van der Waals surface area contributed by atoms with E-state index in [1.165, 1.54) is 0 Å². The molecule has 2 atom stereocenters. The summed E-state index contributed by atoms with van der Waals surface area (Å²) >= 11 is 0. The maximum absolute atomic E-state index is 12.2. The fraction of sp³-hybridized carbons (Fsp3) is 0.625. The Labute approximate surface area is 131 Å². The van der Waals surface area contributed by atoms with Crippen LogP contribution in [-0.2, 0) is 4.74 Å². The van der Waals surface area contributed by atoms with E-state index < -0.39 is 5.60 Å². The number of likely N-dealkylation sites (tertiary alicyclic amines) is 1. The van der Waals surface area contributed by atoms with Crippen molar-refractivity contribution >= 4 is 11.8 Å². The molecule has 2 bridgehead atoms. The Balaban J connectivity index is 1.65. The molecule has 0 spiro atoms. The predicted molar refractivity (Wildman–Crippen MR) is 83.3 cm³/mol. The molecule has 3 heterocycles. The fourth-order valence-electron chi connectivity index (χ4n) is 3.19. The van der Waals surface area contributed by atoms with Crippen molar-refractivity contribution in [3.05, 3.63) is 18.3 Å². The molecule has 2 saturated heterocycles. The molecule has 3 rings (SSSR count). The highest BCUT2D eigenvalue weighted by Crippen LogP contribution is 2.35. The van der Waals surface area contributed by atoms with Crippen LogP contribution in [0.2, 0.25) is 0 Å². The highest BCUT2D eigenvalue weighted by Gasteiger charge is 2.46. The maximum Gasteiger partial charge on any atom is 0.410 e. The number of hydrogen-bond acceptors (Lipinski definition) is 5. The first-order chi connectivity index (χ1) is 10.4. The van der Waals surface area contributed by atoms with E-state index in [1.54, 1.807) is 7.11 Å². The van der Waals surface area contributed by atoms with Gasteiger partial charge in [-0.05, 0) is 33.3 Å². The van der Waals surface area contributed by atoms with E-state index in [2.05, 4.69) is 9.88 Å². The molecule has 1 amide bonds.